The number of carbonyl (C=O) groups excluding carboxylic acids is 1. The lowest BCUT2D eigenvalue weighted by Crippen LogP contribution is -2.36. The van der Waals surface area contributed by atoms with E-state index >= 15 is 0 Å². The maximum atomic E-state index is 13.4. The van der Waals surface area contributed by atoms with Gasteiger partial charge in [-0.3, -0.25) is 4.79 Å². The lowest BCUT2D eigenvalue weighted by atomic mass is 9.95. The number of carbonyl (C=O) groups is 1. The van der Waals surface area contributed by atoms with Crippen LogP contribution < -0.4 is 15.8 Å². The lowest BCUT2D eigenvalue weighted by Gasteiger charge is -2.22. The second-order valence-corrected chi connectivity index (χ2v) is 8.70. The van der Waals surface area contributed by atoms with E-state index in [1.54, 1.807) is 7.11 Å². The number of anilines is 1. The Balaban J connectivity index is 1.53. The highest BCUT2D eigenvalue weighted by Gasteiger charge is 2.26. The van der Waals surface area contributed by atoms with Crippen LogP contribution in [-0.2, 0) is 13.0 Å². The number of rotatable bonds is 6. The minimum atomic E-state index is -0.155. The van der Waals surface area contributed by atoms with Crippen molar-refractivity contribution in [2.45, 2.75) is 51.1 Å². The summed E-state index contributed by atoms with van der Waals surface area (Å²) in [4.78, 5) is 23.0. The van der Waals surface area contributed by atoms with Gasteiger partial charge in [0, 0.05) is 12.6 Å². The van der Waals surface area contributed by atoms with Gasteiger partial charge in [-0.2, -0.15) is 0 Å². The minimum Gasteiger partial charge on any atom is -0.497 e. The molecule has 2 aromatic carbocycles. The van der Waals surface area contributed by atoms with E-state index in [2.05, 4.69) is 5.32 Å². The Bertz CT molecular complexity index is 1290. The maximum Gasteiger partial charge on any atom is 0.257 e. The molecule has 170 valence electrons. The zero-order valence-corrected chi connectivity index (χ0v) is 18.9. The quantitative estimate of drug-likeness (QED) is 0.458. The smallest absolute Gasteiger partial charge is 0.257 e. The van der Waals surface area contributed by atoms with Gasteiger partial charge in [0.25, 0.3) is 5.91 Å². The van der Waals surface area contributed by atoms with Crippen LogP contribution in [0.5, 0.6) is 5.75 Å². The monoisotopic (exact) mass is 443 g/mol. The number of aromatic nitrogens is 3. The number of nitrogens with one attached hydrogen (secondary N) is 1. The van der Waals surface area contributed by atoms with E-state index in [0.29, 0.717) is 29.1 Å². The number of ether oxygens (including phenoxy) is 1. The number of hydrogen-bond acceptors (Lipinski definition) is 5. The first-order chi connectivity index (χ1) is 16.1. The molecule has 1 saturated carbocycles. The van der Waals surface area contributed by atoms with Gasteiger partial charge >= 0.3 is 0 Å². The van der Waals surface area contributed by atoms with Crippen molar-refractivity contribution < 1.29 is 9.53 Å². The summed E-state index contributed by atoms with van der Waals surface area (Å²) in [5.74, 6) is 1.09. The molecule has 2 heterocycles. The highest BCUT2D eigenvalue weighted by Crippen LogP contribution is 2.29. The van der Waals surface area contributed by atoms with E-state index in [1.807, 2.05) is 53.1 Å². The van der Waals surface area contributed by atoms with Crippen molar-refractivity contribution in [2.75, 3.05) is 12.8 Å². The molecule has 0 saturated heterocycles. The van der Waals surface area contributed by atoms with Crippen LogP contribution in [0.4, 0.5) is 5.82 Å². The van der Waals surface area contributed by atoms with Gasteiger partial charge in [-0.25, -0.2) is 9.97 Å². The largest absolute Gasteiger partial charge is 0.497 e. The van der Waals surface area contributed by atoms with Crippen molar-refractivity contribution in [3.63, 3.8) is 0 Å². The number of nitrogens with zero attached hydrogens (tertiary/aromatic N) is 3. The minimum absolute atomic E-state index is 0.155. The number of nitrogen functional groups attached to an aromatic ring is 1. The van der Waals surface area contributed by atoms with Gasteiger partial charge in [-0.1, -0.05) is 43.5 Å². The number of fused-ring (bicyclic) bond motifs is 2. The number of para-hydroxylation sites is 2. The van der Waals surface area contributed by atoms with E-state index < -0.39 is 0 Å². The van der Waals surface area contributed by atoms with Crippen LogP contribution >= 0.6 is 0 Å². The van der Waals surface area contributed by atoms with Crippen LogP contribution in [0.2, 0.25) is 0 Å². The van der Waals surface area contributed by atoms with E-state index in [9.17, 15) is 4.79 Å². The maximum absolute atomic E-state index is 13.4. The van der Waals surface area contributed by atoms with Crippen LogP contribution in [0.15, 0.2) is 48.5 Å². The fourth-order valence-electron chi connectivity index (χ4n) is 4.70. The van der Waals surface area contributed by atoms with E-state index in [1.165, 1.54) is 6.42 Å². The highest BCUT2D eigenvalue weighted by atomic mass is 16.5. The Hall–Kier alpha value is -3.61. The average Bonchev–Trinajstić information content (AvgIpc) is 3.12. The van der Waals surface area contributed by atoms with Crippen LogP contribution in [0, 0.1) is 0 Å². The van der Waals surface area contributed by atoms with E-state index in [4.69, 9.17) is 20.4 Å². The zero-order chi connectivity index (χ0) is 22.8. The standard InChI is InChI=1S/C26H29N5O2/c1-33-19-13-11-17(12-14-19)15-16-31-24(27)22(26(32)28-18-7-3-2-4-8-18)23-25(31)30-21-10-6-5-9-20(21)29-23/h5-6,9-14,18H,2-4,7-8,15-16,27H2,1H3,(H,28,32). The van der Waals surface area contributed by atoms with Gasteiger partial charge in [0.2, 0.25) is 0 Å². The van der Waals surface area contributed by atoms with Gasteiger partial charge in [-0.05, 0) is 49.1 Å². The second-order valence-electron chi connectivity index (χ2n) is 8.70. The molecule has 3 N–H and O–H groups in total. The Morgan fingerprint density at radius 3 is 2.45 bits per heavy atom. The summed E-state index contributed by atoms with van der Waals surface area (Å²) in [6, 6.07) is 15.9. The predicted molar refractivity (Wildman–Crippen MR) is 130 cm³/mol. The van der Waals surface area contributed by atoms with Gasteiger partial charge in [0.15, 0.2) is 5.65 Å². The molecular weight excluding hydrogens is 414 g/mol. The molecule has 5 rings (SSSR count). The molecule has 0 bridgehead atoms. The predicted octanol–water partition coefficient (Wildman–Crippen LogP) is 4.48. The molecule has 1 fully saturated rings. The second kappa shape index (κ2) is 9.10. The molecule has 0 unspecified atom stereocenters. The summed E-state index contributed by atoms with van der Waals surface area (Å²) in [6.07, 6.45) is 6.29. The molecule has 0 atom stereocenters. The third kappa shape index (κ3) is 4.23. The molecular formula is C26H29N5O2. The summed E-state index contributed by atoms with van der Waals surface area (Å²) in [5, 5.41) is 3.20. The molecule has 33 heavy (non-hydrogen) atoms. The van der Waals surface area contributed by atoms with Crippen molar-refractivity contribution in [3.05, 3.63) is 59.7 Å². The fraction of sp³-hybridized carbons (Fsp3) is 0.346. The number of aryl methyl sites for hydroxylation is 2. The fourth-order valence-corrected chi connectivity index (χ4v) is 4.70. The summed E-state index contributed by atoms with van der Waals surface area (Å²) in [6.45, 7) is 0.596. The molecule has 0 radical (unpaired) electrons. The van der Waals surface area contributed by atoms with Gasteiger partial charge in [0.1, 0.15) is 22.6 Å². The van der Waals surface area contributed by atoms with Crippen molar-refractivity contribution in [3.8, 4) is 5.75 Å². The SMILES string of the molecule is COc1ccc(CCn2c(N)c(C(=O)NC3CCCCC3)c3nc4ccccc4nc32)cc1. The van der Waals surface area contributed by atoms with Crippen molar-refractivity contribution >= 4 is 33.9 Å². The first-order valence-electron chi connectivity index (χ1n) is 11.6. The van der Waals surface area contributed by atoms with E-state index in [0.717, 1.165) is 54.5 Å². The Labute approximate surface area is 193 Å². The summed E-state index contributed by atoms with van der Waals surface area (Å²) in [7, 11) is 1.66. The van der Waals surface area contributed by atoms with Crippen LogP contribution in [0.1, 0.15) is 48.0 Å². The van der Waals surface area contributed by atoms with Crippen molar-refractivity contribution in [1.29, 1.82) is 0 Å². The molecule has 7 nitrogen and oxygen atoms in total. The summed E-state index contributed by atoms with van der Waals surface area (Å²) >= 11 is 0. The molecule has 0 spiro atoms. The third-order valence-electron chi connectivity index (χ3n) is 6.54. The van der Waals surface area contributed by atoms with E-state index in [-0.39, 0.29) is 11.9 Å². The molecule has 7 heteroatoms. The molecule has 1 aliphatic rings. The third-order valence-corrected chi connectivity index (χ3v) is 6.54. The number of amides is 1. The molecule has 1 amide bonds. The number of benzene rings is 2. The number of methoxy groups -OCH3 is 1. The molecule has 4 aromatic rings. The first-order valence-corrected chi connectivity index (χ1v) is 11.6. The van der Waals surface area contributed by atoms with Crippen LogP contribution in [0.25, 0.3) is 22.2 Å². The molecule has 1 aliphatic carbocycles. The summed E-state index contributed by atoms with van der Waals surface area (Å²) < 4.78 is 7.18. The molecule has 2 aromatic heterocycles. The lowest BCUT2D eigenvalue weighted by molar-refractivity contribution is 0.0930. The van der Waals surface area contributed by atoms with Gasteiger partial charge in [0.05, 0.1) is 18.1 Å². The van der Waals surface area contributed by atoms with Gasteiger partial charge < -0.3 is 20.4 Å². The first kappa shape index (κ1) is 21.2. The molecule has 0 aliphatic heterocycles. The topological polar surface area (TPSA) is 95.1 Å². The van der Waals surface area contributed by atoms with Crippen LogP contribution in [0.3, 0.4) is 0 Å². The van der Waals surface area contributed by atoms with Crippen LogP contribution in [-0.4, -0.2) is 33.6 Å². The average molecular weight is 444 g/mol. The van der Waals surface area contributed by atoms with Crippen molar-refractivity contribution in [1.82, 2.24) is 19.9 Å². The Kier molecular flexibility index (Phi) is 5.86. The summed E-state index contributed by atoms with van der Waals surface area (Å²) in [5.41, 5.74) is 10.9. The number of nitrogens with two attached hydrogens (primary N) is 1. The van der Waals surface area contributed by atoms with Gasteiger partial charge in [-0.15, -0.1) is 0 Å². The zero-order valence-electron chi connectivity index (χ0n) is 18.9. The highest BCUT2D eigenvalue weighted by molar-refractivity contribution is 6.10. The number of hydrogen-bond donors (Lipinski definition) is 2. The Morgan fingerprint density at radius 1 is 1.06 bits per heavy atom. The van der Waals surface area contributed by atoms with Crippen molar-refractivity contribution in [2.24, 2.45) is 0 Å². The Morgan fingerprint density at radius 2 is 1.76 bits per heavy atom. The normalized spacial score (nSPS) is 14.6.